The summed E-state index contributed by atoms with van der Waals surface area (Å²) in [5, 5.41) is 7.78. The second-order valence-corrected chi connectivity index (χ2v) is 7.79. The fourth-order valence-corrected chi connectivity index (χ4v) is 3.31. The number of aryl methyl sites for hydroxylation is 1. The number of carbonyl (C=O) groups is 2. The fourth-order valence-electron chi connectivity index (χ4n) is 3.31. The number of amides is 2. The summed E-state index contributed by atoms with van der Waals surface area (Å²) in [6, 6.07) is 13.9. The maximum absolute atomic E-state index is 12.1. The summed E-state index contributed by atoms with van der Waals surface area (Å²) >= 11 is 0. The normalized spacial score (nSPS) is 14.4. The number of fused-ring (bicyclic) bond motifs is 1. The SMILES string of the molecule is CO[C@@H](C)C(=O)Nc1ccc(C)c(-c2ccc3cc(NC(=O)C4CC4)ncc3c2)c1. The third-order valence-corrected chi connectivity index (χ3v) is 5.46. The van der Waals surface area contributed by atoms with Crippen LogP contribution >= 0.6 is 0 Å². The lowest BCUT2D eigenvalue weighted by Crippen LogP contribution is -2.26. The van der Waals surface area contributed by atoms with Crippen LogP contribution in [0.25, 0.3) is 21.9 Å². The molecule has 1 aliphatic carbocycles. The van der Waals surface area contributed by atoms with Crippen molar-refractivity contribution in [2.75, 3.05) is 17.7 Å². The molecule has 154 valence electrons. The van der Waals surface area contributed by atoms with Crippen molar-refractivity contribution in [1.29, 1.82) is 0 Å². The van der Waals surface area contributed by atoms with Crippen LogP contribution in [0.2, 0.25) is 0 Å². The molecule has 6 nitrogen and oxygen atoms in total. The van der Waals surface area contributed by atoms with Crippen molar-refractivity contribution >= 4 is 34.1 Å². The van der Waals surface area contributed by atoms with Gasteiger partial charge in [-0.2, -0.15) is 0 Å². The molecular weight excluding hydrogens is 378 g/mol. The smallest absolute Gasteiger partial charge is 0.253 e. The highest BCUT2D eigenvalue weighted by molar-refractivity contribution is 5.97. The molecule has 1 heterocycles. The molecule has 0 radical (unpaired) electrons. The van der Waals surface area contributed by atoms with Gasteiger partial charge in [0.15, 0.2) is 0 Å². The van der Waals surface area contributed by atoms with Crippen molar-refractivity contribution in [3.05, 3.63) is 54.2 Å². The van der Waals surface area contributed by atoms with Gasteiger partial charge in [-0.15, -0.1) is 0 Å². The van der Waals surface area contributed by atoms with Gasteiger partial charge in [0.05, 0.1) is 0 Å². The molecule has 4 rings (SSSR count). The molecule has 1 atom stereocenters. The Labute approximate surface area is 175 Å². The Morgan fingerprint density at radius 2 is 1.87 bits per heavy atom. The minimum atomic E-state index is -0.518. The molecule has 2 amide bonds. The zero-order chi connectivity index (χ0) is 21.3. The molecule has 0 bridgehead atoms. The van der Waals surface area contributed by atoms with Gasteiger partial charge in [-0.3, -0.25) is 9.59 Å². The number of ether oxygens (including phenoxy) is 1. The number of nitrogens with one attached hydrogen (secondary N) is 2. The number of benzene rings is 2. The lowest BCUT2D eigenvalue weighted by Gasteiger charge is -2.14. The van der Waals surface area contributed by atoms with Crippen molar-refractivity contribution in [2.24, 2.45) is 5.92 Å². The summed E-state index contributed by atoms with van der Waals surface area (Å²) in [5.74, 6) is 0.597. The zero-order valence-corrected chi connectivity index (χ0v) is 17.4. The van der Waals surface area contributed by atoms with E-state index in [1.165, 1.54) is 7.11 Å². The van der Waals surface area contributed by atoms with Crippen LogP contribution in [-0.4, -0.2) is 30.0 Å². The van der Waals surface area contributed by atoms with Crippen LogP contribution < -0.4 is 10.6 Å². The number of hydrogen-bond donors (Lipinski definition) is 2. The van der Waals surface area contributed by atoms with Crippen molar-refractivity contribution in [1.82, 2.24) is 4.98 Å². The Balaban J connectivity index is 1.60. The van der Waals surface area contributed by atoms with E-state index in [2.05, 4.69) is 21.7 Å². The van der Waals surface area contributed by atoms with Gasteiger partial charge < -0.3 is 15.4 Å². The molecule has 1 aromatic heterocycles. The first-order valence-electron chi connectivity index (χ1n) is 10.1. The number of carbonyl (C=O) groups excluding carboxylic acids is 2. The highest BCUT2D eigenvalue weighted by atomic mass is 16.5. The predicted molar refractivity (Wildman–Crippen MR) is 118 cm³/mol. The Kier molecular flexibility index (Phi) is 5.50. The van der Waals surface area contributed by atoms with Crippen molar-refractivity contribution in [2.45, 2.75) is 32.8 Å². The van der Waals surface area contributed by atoms with Crippen LogP contribution in [-0.2, 0) is 14.3 Å². The minimum absolute atomic E-state index is 0.0516. The first-order chi connectivity index (χ1) is 14.4. The standard InChI is InChI=1S/C24H25N3O3/c1-14-4-9-20(26-23(28)15(2)30-3)12-21(14)18-8-7-17-11-22(25-13-19(17)10-18)27-24(29)16-5-6-16/h4,7-13,15-16H,5-6H2,1-3H3,(H,26,28)(H,25,27,29)/t15-/m0/s1. The van der Waals surface area contributed by atoms with Crippen LogP contribution in [0.1, 0.15) is 25.3 Å². The second-order valence-electron chi connectivity index (χ2n) is 7.79. The molecule has 30 heavy (non-hydrogen) atoms. The highest BCUT2D eigenvalue weighted by Crippen LogP contribution is 2.32. The summed E-state index contributed by atoms with van der Waals surface area (Å²) in [4.78, 5) is 28.5. The van der Waals surface area contributed by atoms with Gasteiger partial charge in [0.1, 0.15) is 11.9 Å². The molecule has 0 unspecified atom stereocenters. The number of methoxy groups -OCH3 is 1. The van der Waals surface area contributed by atoms with E-state index in [9.17, 15) is 9.59 Å². The Morgan fingerprint density at radius 1 is 1.07 bits per heavy atom. The monoisotopic (exact) mass is 403 g/mol. The van der Waals surface area contributed by atoms with Gasteiger partial charge in [0, 0.05) is 30.3 Å². The second kappa shape index (κ2) is 8.24. The van der Waals surface area contributed by atoms with E-state index in [0.29, 0.717) is 5.82 Å². The maximum Gasteiger partial charge on any atom is 0.253 e. The lowest BCUT2D eigenvalue weighted by molar-refractivity contribution is -0.124. The van der Waals surface area contributed by atoms with Gasteiger partial charge in [-0.1, -0.05) is 18.2 Å². The average molecular weight is 403 g/mol. The number of hydrogen-bond acceptors (Lipinski definition) is 4. The lowest BCUT2D eigenvalue weighted by atomic mass is 9.97. The Bertz CT molecular complexity index is 1120. The summed E-state index contributed by atoms with van der Waals surface area (Å²) < 4.78 is 5.08. The van der Waals surface area contributed by atoms with Gasteiger partial charge in [0.2, 0.25) is 5.91 Å². The van der Waals surface area contributed by atoms with Crippen LogP contribution in [0, 0.1) is 12.8 Å². The van der Waals surface area contributed by atoms with E-state index in [1.54, 1.807) is 13.1 Å². The van der Waals surface area contributed by atoms with E-state index < -0.39 is 6.10 Å². The molecule has 0 aliphatic heterocycles. The number of pyridine rings is 1. The van der Waals surface area contributed by atoms with Crippen LogP contribution in [0.3, 0.4) is 0 Å². The van der Waals surface area contributed by atoms with Gasteiger partial charge in [-0.05, 0) is 73.0 Å². The molecule has 0 spiro atoms. The van der Waals surface area contributed by atoms with Crippen molar-refractivity contribution in [3.8, 4) is 11.1 Å². The van der Waals surface area contributed by atoms with E-state index in [-0.39, 0.29) is 17.7 Å². The molecule has 1 aliphatic rings. The van der Waals surface area contributed by atoms with E-state index in [0.717, 1.165) is 46.0 Å². The Morgan fingerprint density at radius 3 is 2.60 bits per heavy atom. The Hall–Kier alpha value is -3.25. The maximum atomic E-state index is 12.1. The minimum Gasteiger partial charge on any atom is -0.372 e. The summed E-state index contributed by atoms with van der Waals surface area (Å²) in [6.07, 6.45) is 3.19. The quantitative estimate of drug-likeness (QED) is 0.634. The first-order valence-corrected chi connectivity index (χ1v) is 10.1. The van der Waals surface area contributed by atoms with Gasteiger partial charge in [-0.25, -0.2) is 4.98 Å². The summed E-state index contributed by atoms with van der Waals surface area (Å²) in [7, 11) is 1.51. The molecule has 1 fully saturated rings. The average Bonchev–Trinajstić information content (AvgIpc) is 3.59. The van der Waals surface area contributed by atoms with Crippen molar-refractivity contribution in [3.63, 3.8) is 0 Å². The zero-order valence-electron chi connectivity index (χ0n) is 17.4. The van der Waals surface area contributed by atoms with Crippen LogP contribution in [0.4, 0.5) is 11.5 Å². The molecule has 6 heteroatoms. The molecule has 3 aromatic rings. The summed E-state index contributed by atoms with van der Waals surface area (Å²) in [5.41, 5.74) is 3.90. The van der Waals surface area contributed by atoms with Crippen LogP contribution in [0.5, 0.6) is 0 Å². The van der Waals surface area contributed by atoms with Gasteiger partial charge in [0.25, 0.3) is 5.91 Å². The van der Waals surface area contributed by atoms with E-state index in [1.807, 2.05) is 43.3 Å². The fraction of sp³-hybridized carbons (Fsp3) is 0.292. The number of rotatable bonds is 6. The number of anilines is 2. The molecule has 2 N–H and O–H groups in total. The number of nitrogens with zero attached hydrogens (tertiary/aromatic N) is 1. The van der Waals surface area contributed by atoms with E-state index in [4.69, 9.17) is 4.74 Å². The number of aromatic nitrogens is 1. The third-order valence-electron chi connectivity index (χ3n) is 5.46. The summed E-state index contributed by atoms with van der Waals surface area (Å²) in [6.45, 7) is 3.75. The van der Waals surface area contributed by atoms with Crippen LogP contribution in [0.15, 0.2) is 48.7 Å². The largest absolute Gasteiger partial charge is 0.372 e. The molecule has 2 aromatic carbocycles. The third kappa shape index (κ3) is 4.33. The van der Waals surface area contributed by atoms with E-state index >= 15 is 0 Å². The first kappa shape index (κ1) is 20.0. The predicted octanol–water partition coefficient (Wildman–Crippen LogP) is 4.53. The topological polar surface area (TPSA) is 80.3 Å². The molecule has 1 saturated carbocycles. The molecule has 0 saturated heterocycles. The van der Waals surface area contributed by atoms with Gasteiger partial charge >= 0.3 is 0 Å². The van der Waals surface area contributed by atoms with Crippen molar-refractivity contribution < 1.29 is 14.3 Å². The molecular formula is C24H25N3O3. The highest BCUT2D eigenvalue weighted by Gasteiger charge is 2.29.